The van der Waals surface area contributed by atoms with Gasteiger partial charge in [-0.15, -0.1) is 0 Å². The quantitative estimate of drug-likeness (QED) is 0.772. The van der Waals surface area contributed by atoms with Gasteiger partial charge in [0.25, 0.3) is 0 Å². The third-order valence-corrected chi connectivity index (χ3v) is 5.11. The molecule has 22 heavy (non-hydrogen) atoms. The second-order valence-electron chi connectivity index (χ2n) is 5.96. The molecule has 3 heteroatoms. The van der Waals surface area contributed by atoms with E-state index in [1.165, 1.54) is 11.1 Å². The molecule has 4 rings (SSSR count). The van der Waals surface area contributed by atoms with E-state index in [9.17, 15) is 0 Å². The lowest BCUT2D eigenvalue weighted by atomic mass is 9.77. The second-order valence-corrected chi connectivity index (χ2v) is 6.36. The highest BCUT2D eigenvalue weighted by Gasteiger charge is 2.38. The maximum atomic E-state index is 6.43. The van der Waals surface area contributed by atoms with Gasteiger partial charge in [0.1, 0.15) is 5.75 Å². The molecule has 3 atom stereocenters. The third kappa shape index (κ3) is 2.10. The summed E-state index contributed by atoms with van der Waals surface area (Å²) in [4.78, 5) is 0. The topological polar surface area (TPSA) is 21.3 Å². The summed E-state index contributed by atoms with van der Waals surface area (Å²) in [5.41, 5.74) is 3.64. The van der Waals surface area contributed by atoms with Crippen molar-refractivity contribution in [3.63, 3.8) is 0 Å². The molecule has 0 unspecified atom stereocenters. The van der Waals surface area contributed by atoms with Crippen LogP contribution >= 0.6 is 11.6 Å². The number of fused-ring (bicyclic) bond motifs is 3. The van der Waals surface area contributed by atoms with Crippen LogP contribution in [0.3, 0.4) is 0 Å². The summed E-state index contributed by atoms with van der Waals surface area (Å²) in [5.74, 6) is 1.86. The fraction of sp³-hybridized carbons (Fsp3) is 0.263. The molecule has 1 aliphatic carbocycles. The van der Waals surface area contributed by atoms with Crippen molar-refractivity contribution >= 4 is 17.3 Å². The molecule has 2 aromatic rings. The van der Waals surface area contributed by atoms with Crippen molar-refractivity contribution in [3.8, 4) is 5.75 Å². The first-order valence-corrected chi connectivity index (χ1v) is 8.01. The van der Waals surface area contributed by atoms with Crippen LogP contribution in [0.2, 0.25) is 5.02 Å². The van der Waals surface area contributed by atoms with Crippen LogP contribution in [0.4, 0.5) is 5.69 Å². The molecule has 112 valence electrons. The summed E-state index contributed by atoms with van der Waals surface area (Å²) in [6.45, 7) is 0. The van der Waals surface area contributed by atoms with Crippen LogP contribution in [0, 0.1) is 5.92 Å². The summed E-state index contributed by atoms with van der Waals surface area (Å²) in [6, 6.07) is 14.7. The molecule has 2 nitrogen and oxygen atoms in total. The first-order chi connectivity index (χ1) is 10.8. The Morgan fingerprint density at radius 3 is 2.91 bits per heavy atom. The lowest BCUT2D eigenvalue weighted by molar-refractivity contribution is 0.406. The second kappa shape index (κ2) is 5.36. The Bertz CT molecular complexity index is 740. The smallest absolute Gasteiger partial charge is 0.119 e. The number of anilines is 1. The average molecular weight is 312 g/mol. The van der Waals surface area contributed by atoms with Gasteiger partial charge in [-0.05, 0) is 41.7 Å². The van der Waals surface area contributed by atoms with Crippen molar-refractivity contribution in [1.82, 2.24) is 0 Å². The van der Waals surface area contributed by atoms with Gasteiger partial charge in [0, 0.05) is 5.92 Å². The highest BCUT2D eigenvalue weighted by Crippen LogP contribution is 2.51. The zero-order valence-electron chi connectivity index (χ0n) is 12.4. The fourth-order valence-electron chi connectivity index (χ4n) is 3.75. The zero-order chi connectivity index (χ0) is 15.1. The van der Waals surface area contributed by atoms with E-state index in [1.54, 1.807) is 7.11 Å². The monoisotopic (exact) mass is 311 g/mol. The number of rotatable bonds is 2. The number of benzene rings is 2. The molecule has 2 aromatic carbocycles. The van der Waals surface area contributed by atoms with E-state index in [4.69, 9.17) is 16.3 Å². The highest BCUT2D eigenvalue weighted by atomic mass is 35.5. The summed E-state index contributed by atoms with van der Waals surface area (Å²) < 4.78 is 5.38. The predicted octanol–water partition coefficient (Wildman–Crippen LogP) is 5.18. The van der Waals surface area contributed by atoms with Crippen LogP contribution in [-0.2, 0) is 0 Å². The number of hydrogen-bond donors (Lipinski definition) is 1. The van der Waals surface area contributed by atoms with Crippen molar-refractivity contribution in [2.45, 2.75) is 18.4 Å². The molecule has 0 bridgehead atoms. The molecule has 2 aliphatic rings. The van der Waals surface area contributed by atoms with Crippen molar-refractivity contribution in [1.29, 1.82) is 0 Å². The molecule has 0 amide bonds. The third-order valence-electron chi connectivity index (χ3n) is 4.80. The van der Waals surface area contributed by atoms with Gasteiger partial charge in [0.05, 0.1) is 23.9 Å². The number of methoxy groups -OCH3 is 1. The minimum atomic E-state index is 0.252. The SMILES string of the molecule is COc1cccc([C@@H]2Nc3c(Cl)cccc3[C@@H]3C=CC[C@@H]32)c1. The normalized spacial score (nSPS) is 25.3. The van der Waals surface area contributed by atoms with E-state index in [0.29, 0.717) is 11.8 Å². The van der Waals surface area contributed by atoms with Crippen molar-refractivity contribution in [2.75, 3.05) is 12.4 Å². The fourth-order valence-corrected chi connectivity index (χ4v) is 3.98. The zero-order valence-corrected chi connectivity index (χ0v) is 13.2. The van der Waals surface area contributed by atoms with E-state index >= 15 is 0 Å². The Hall–Kier alpha value is -1.93. The maximum absolute atomic E-state index is 6.43. The number of allylic oxidation sites excluding steroid dienone is 2. The summed E-state index contributed by atoms with van der Waals surface area (Å²) in [6.07, 6.45) is 5.71. The van der Waals surface area contributed by atoms with Gasteiger partial charge >= 0.3 is 0 Å². The lowest BCUT2D eigenvalue weighted by Crippen LogP contribution is -2.29. The number of nitrogens with one attached hydrogen (secondary N) is 1. The van der Waals surface area contributed by atoms with Gasteiger partial charge in [-0.1, -0.05) is 48.0 Å². The summed E-state index contributed by atoms with van der Waals surface area (Å²) in [5, 5.41) is 4.47. The van der Waals surface area contributed by atoms with Gasteiger partial charge in [-0.2, -0.15) is 0 Å². The van der Waals surface area contributed by atoms with Crippen molar-refractivity contribution in [3.05, 3.63) is 70.8 Å². The molecule has 0 fully saturated rings. The van der Waals surface area contributed by atoms with Crippen LogP contribution in [0.5, 0.6) is 5.75 Å². The Labute approximate surface area is 135 Å². The molecule has 0 aromatic heterocycles. The van der Waals surface area contributed by atoms with E-state index < -0.39 is 0 Å². The summed E-state index contributed by atoms with van der Waals surface area (Å²) >= 11 is 6.43. The van der Waals surface area contributed by atoms with E-state index in [-0.39, 0.29) is 6.04 Å². The van der Waals surface area contributed by atoms with Crippen molar-refractivity contribution in [2.24, 2.45) is 5.92 Å². The Morgan fingerprint density at radius 1 is 1.18 bits per heavy atom. The maximum Gasteiger partial charge on any atom is 0.119 e. The lowest BCUT2D eigenvalue weighted by Gasteiger charge is -2.38. The standard InChI is InChI=1S/C19H18ClNO/c1-22-13-6-2-5-12(11-13)18-15-8-3-7-14(15)16-9-4-10-17(20)19(16)21-18/h2-7,9-11,14-15,18,21H,8H2,1H3/t14-,15+,18+/m1/s1. The Balaban J connectivity index is 1.80. The van der Waals surface area contributed by atoms with Gasteiger partial charge < -0.3 is 10.1 Å². The molecule has 1 heterocycles. The molecular formula is C19H18ClNO. The molecule has 0 radical (unpaired) electrons. The van der Waals surface area contributed by atoms with Crippen LogP contribution in [0.1, 0.15) is 29.5 Å². The molecule has 1 N–H and O–H groups in total. The highest BCUT2D eigenvalue weighted by molar-refractivity contribution is 6.33. The van der Waals surface area contributed by atoms with Crippen LogP contribution in [-0.4, -0.2) is 7.11 Å². The molecule has 1 aliphatic heterocycles. The van der Waals surface area contributed by atoms with Crippen LogP contribution in [0.25, 0.3) is 0 Å². The minimum absolute atomic E-state index is 0.252. The van der Waals surface area contributed by atoms with Crippen LogP contribution in [0.15, 0.2) is 54.6 Å². The molecule has 0 saturated heterocycles. The first-order valence-electron chi connectivity index (χ1n) is 7.63. The average Bonchev–Trinajstić information content (AvgIpc) is 3.04. The van der Waals surface area contributed by atoms with Gasteiger partial charge in [-0.3, -0.25) is 0 Å². The number of ether oxygens (including phenoxy) is 1. The largest absolute Gasteiger partial charge is 0.497 e. The van der Waals surface area contributed by atoms with Crippen LogP contribution < -0.4 is 10.1 Å². The summed E-state index contributed by atoms with van der Waals surface area (Å²) in [7, 11) is 1.71. The Morgan fingerprint density at radius 2 is 2.05 bits per heavy atom. The van der Waals surface area contributed by atoms with Gasteiger partial charge in [0.2, 0.25) is 0 Å². The van der Waals surface area contributed by atoms with Crippen molar-refractivity contribution < 1.29 is 4.74 Å². The van der Waals surface area contributed by atoms with Gasteiger partial charge in [-0.25, -0.2) is 0 Å². The molecule has 0 saturated carbocycles. The Kier molecular flexibility index (Phi) is 3.34. The number of hydrogen-bond acceptors (Lipinski definition) is 2. The van der Waals surface area contributed by atoms with Gasteiger partial charge in [0.15, 0.2) is 0 Å². The van der Waals surface area contributed by atoms with E-state index in [1.807, 2.05) is 18.2 Å². The molecule has 0 spiro atoms. The minimum Gasteiger partial charge on any atom is -0.497 e. The molecular weight excluding hydrogens is 294 g/mol. The number of halogens is 1. The number of para-hydroxylation sites is 1. The predicted molar refractivity (Wildman–Crippen MR) is 90.8 cm³/mol. The first kappa shape index (κ1) is 13.7. The van der Waals surface area contributed by atoms with E-state index in [2.05, 4.69) is 41.7 Å². The van der Waals surface area contributed by atoms with E-state index in [0.717, 1.165) is 22.9 Å².